The Morgan fingerprint density at radius 1 is 1.61 bits per heavy atom. The minimum absolute atomic E-state index is 0.0290. The molecule has 0 bridgehead atoms. The molecule has 2 heterocycles. The molecule has 1 unspecified atom stereocenters. The van der Waals surface area contributed by atoms with Crippen LogP contribution in [0.15, 0.2) is 0 Å². The Morgan fingerprint density at radius 2 is 2.39 bits per heavy atom. The van der Waals surface area contributed by atoms with Gasteiger partial charge in [0, 0.05) is 19.1 Å². The van der Waals surface area contributed by atoms with Crippen LogP contribution in [0.2, 0.25) is 0 Å². The quantitative estimate of drug-likeness (QED) is 0.881. The van der Waals surface area contributed by atoms with Gasteiger partial charge in [0.05, 0.1) is 0 Å². The first kappa shape index (κ1) is 13.1. The number of piperidine rings is 1. The zero-order valence-electron chi connectivity index (χ0n) is 10.9. The predicted octanol–water partition coefficient (Wildman–Crippen LogP) is 2.17. The molecule has 1 aromatic heterocycles. The fraction of sp³-hybridized carbons (Fsp3) is 0.667. The van der Waals surface area contributed by atoms with Crippen molar-refractivity contribution in [1.29, 1.82) is 0 Å². The number of hydrogen-bond acceptors (Lipinski definition) is 5. The van der Waals surface area contributed by atoms with Crippen LogP contribution < -0.4 is 11.1 Å². The van der Waals surface area contributed by atoms with E-state index in [9.17, 15) is 4.79 Å². The maximum atomic E-state index is 12.4. The SMILES string of the molecule is CCNc1nc(N)c(C(=O)N2CCCCC2C)s1. The molecule has 1 aliphatic rings. The van der Waals surface area contributed by atoms with E-state index in [2.05, 4.69) is 17.2 Å². The first-order chi connectivity index (χ1) is 8.63. The van der Waals surface area contributed by atoms with Crippen LogP contribution in [0.5, 0.6) is 0 Å². The molecule has 1 atom stereocenters. The van der Waals surface area contributed by atoms with Crippen LogP contribution in [0, 0.1) is 0 Å². The van der Waals surface area contributed by atoms with Crippen LogP contribution in [0.25, 0.3) is 0 Å². The second kappa shape index (κ2) is 5.56. The molecule has 0 spiro atoms. The van der Waals surface area contributed by atoms with Crippen molar-refractivity contribution in [2.45, 2.75) is 39.2 Å². The Morgan fingerprint density at radius 3 is 3.06 bits per heavy atom. The van der Waals surface area contributed by atoms with Gasteiger partial charge in [0.2, 0.25) is 0 Å². The fourth-order valence-corrected chi connectivity index (χ4v) is 3.15. The van der Waals surface area contributed by atoms with Crippen LogP contribution in [-0.2, 0) is 0 Å². The molecular weight excluding hydrogens is 248 g/mol. The van der Waals surface area contributed by atoms with E-state index in [0.29, 0.717) is 16.7 Å². The summed E-state index contributed by atoms with van der Waals surface area (Å²) in [6.45, 7) is 5.69. The number of nitrogen functional groups attached to an aromatic ring is 1. The van der Waals surface area contributed by atoms with E-state index in [4.69, 9.17) is 5.73 Å². The first-order valence-electron chi connectivity index (χ1n) is 6.44. The number of likely N-dealkylation sites (tertiary alicyclic amines) is 1. The lowest BCUT2D eigenvalue weighted by atomic mass is 10.0. The third-order valence-corrected chi connectivity index (χ3v) is 4.26. The van der Waals surface area contributed by atoms with Crippen LogP contribution in [0.4, 0.5) is 10.9 Å². The molecule has 1 fully saturated rings. The van der Waals surface area contributed by atoms with Crippen molar-refractivity contribution in [3.8, 4) is 0 Å². The van der Waals surface area contributed by atoms with Gasteiger partial charge in [-0.1, -0.05) is 11.3 Å². The second-order valence-corrected chi connectivity index (χ2v) is 5.61. The minimum Gasteiger partial charge on any atom is -0.382 e. The lowest BCUT2D eigenvalue weighted by Gasteiger charge is -2.33. The number of carbonyl (C=O) groups is 1. The molecule has 18 heavy (non-hydrogen) atoms. The molecule has 3 N–H and O–H groups in total. The smallest absolute Gasteiger partial charge is 0.268 e. The summed E-state index contributed by atoms with van der Waals surface area (Å²) in [6, 6.07) is 0.301. The Bertz CT molecular complexity index is 432. The van der Waals surface area contributed by atoms with Crippen molar-refractivity contribution >= 4 is 28.2 Å². The molecule has 1 amide bonds. The normalized spacial score (nSPS) is 19.9. The topological polar surface area (TPSA) is 71.2 Å². The van der Waals surface area contributed by atoms with E-state index >= 15 is 0 Å². The van der Waals surface area contributed by atoms with Gasteiger partial charge in [-0.2, -0.15) is 0 Å². The van der Waals surface area contributed by atoms with Gasteiger partial charge in [-0.15, -0.1) is 0 Å². The highest BCUT2D eigenvalue weighted by atomic mass is 32.1. The third kappa shape index (κ3) is 2.58. The monoisotopic (exact) mass is 268 g/mol. The molecule has 6 heteroatoms. The van der Waals surface area contributed by atoms with Gasteiger partial charge in [-0.25, -0.2) is 4.98 Å². The van der Waals surface area contributed by atoms with Crippen molar-refractivity contribution < 1.29 is 4.79 Å². The van der Waals surface area contributed by atoms with Crippen molar-refractivity contribution in [3.05, 3.63) is 4.88 Å². The lowest BCUT2D eigenvalue weighted by molar-refractivity contribution is 0.0641. The number of thiazole rings is 1. The Hall–Kier alpha value is -1.30. The van der Waals surface area contributed by atoms with Crippen LogP contribution in [-0.4, -0.2) is 34.9 Å². The summed E-state index contributed by atoms with van der Waals surface area (Å²) in [4.78, 5) is 19.1. The highest BCUT2D eigenvalue weighted by molar-refractivity contribution is 7.18. The summed E-state index contributed by atoms with van der Waals surface area (Å²) >= 11 is 1.35. The van der Waals surface area contributed by atoms with Crippen molar-refractivity contribution in [2.24, 2.45) is 0 Å². The number of nitrogens with two attached hydrogens (primary N) is 1. The molecule has 0 aromatic carbocycles. The predicted molar refractivity (Wildman–Crippen MR) is 75.0 cm³/mol. The largest absolute Gasteiger partial charge is 0.382 e. The fourth-order valence-electron chi connectivity index (χ4n) is 2.24. The number of amides is 1. The molecule has 1 aliphatic heterocycles. The van der Waals surface area contributed by atoms with Crippen molar-refractivity contribution in [1.82, 2.24) is 9.88 Å². The molecule has 1 saturated heterocycles. The molecule has 100 valence electrons. The highest BCUT2D eigenvalue weighted by Gasteiger charge is 2.27. The van der Waals surface area contributed by atoms with Crippen molar-refractivity contribution in [3.63, 3.8) is 0 Å². The Labute approximate surface area is 111 Å². The number of hydrogen-bond donors (Lipinski definition) is 2. The Kier molecular flexibility index (Phi) is 4.06. The summed E-state index contributed by atoms with van der Waals surface area (Å²) in [6.07, 6.45) is 3.35. The van der Waals surface area contributed by atoms with E-state index in [1.165, 1.54) is 17.8 Å². The lowest BCUT2D eigenvalue weighted by Crippen LogP contribution is -2.41. The molecule has 0 radical (unpaired) electrons. The average Bonchev–Trinajstić information content (AvgIpc) is 2.71. The van der Waals surface area contributed by atoms with Crippen LogP contribution >= 0.6 is 11.3 Å². The number of nitrogens with zero attached hydrogens (tertiary/aromatic N) is 2. The number of rotatable bonds is 3. The van der Waals surface area contributed by atoms with Gasteiger partial charge in [-0.05, 0) is 33.1 Å². The van der Waals surface area contributed by atoms with E-state index in [1.54, 1.807) is 0 Å². The number of nitrogens with one attached hydrogen (secondary N) is 1. The zero-order chi connectivity index (χ0) is 13.1. The maximum absolute atomic E-state index is 12.4. The standard InChI is InChI=1S/C12H20N4OS/c1-3-14-12-15-10(13)9(18-12)11(17)16-7-5-4-6-8(16)2/h8H,3-7,13H2,1-2H3,(H,14,15). The highest BCUT2D eigenvalue weighted by Crippen LogP contribution is 2.28. The number of aromatic nitrogens is 1. The molecular formula is C12H20N4OS. The van der Waals surface area contributed by atoms with E-state index in [1.807, 2.05) is 11.8 Å². The minimum atomic E-state index is 0.0290. The van der Waals surface area contributed by atoms with E-state index < -0.39 is 0 Å². The molecule has 2 rings (SSSR count). The summed E-state index contributed by atoms with van der Waals surface area (Å²) in [5.74, 6) is 0.375. The first-order valence-corrected chi connectivity index (χ1v) is 7.26. The molecule has 1 aromatic rings. The van der Waals surface area contributed by atoms with Crippen molar-refractivity contribution in [2.75, 3.05) is 24.1 Å². The Balaban J connectivity index is 2.17. The van der Waals surface area contributed by atoms with Crippen LogP contribution in [0.1, 0.15) is 42.8 Å². The van der Waals surface area contributed by atoms with Gasteiger partial charge in [0.25, 0.3) is 5.91 Å². The summed E-state index contributed by atoms with van der Waals surface area (Å²) in [7, 11) is 0. The van der Waals surface area contributed by atoms with Gasteiger partial charge in [0.1, 0.15) is 10.7 Å². The zero-order valence-corrected chi connectivity index (χ0v) is 11.7. The van der Waals surface area contributed by atoms with Gasteiger partial charge >= 0.3 is 0 Å². The summed E-state index contributed by atoms with van der Waals surface area (Å²) < 4.78 is 0. The second-order valence-electron chi connectivity index (χ2n) is 4.61. The molecule has 0 aliphatic carbocycles. The summed E-state index contributed by atoms with van der Waals surface area (Å²) in [5, 5.41) is 3.82. The van der Waals surface area contributed by atoms with E-state index in [0.717, 1.165) is 31.1 Å². The number of anilines is 2. The van der Waals surface area contributed by atoms with Crippen LogP contribution in [0.3, 0.4) is 0 Å². The van der Waals surface area contributed by atoms with Gasteiger partial charge < -0.3 is 16.0 Å². The van der Waals surface area contributed by atoms with Gasteiger partial charge in [0.15, 0.2) is 5.13 Å². The van der Waals surface area contributed by atoms with Gasteiger partial charge in [-0.3, -0.25) is 4.79 Å². The average molecular weight is 268 g/mol. The molecule has 0 saturated carbocycles. The molecule has 5 nitrogen and oxygen atoms in total. The maximum Gasteiger partial charge on any atom is 0.268 e. The third-order valence-electron chi connectivity index (χ3n) is 3.24. The summed E-state index contributed by atoms with van der Waals surface area (Å²) in [5.41, 5.74) is 5.84. The van der Waals surface area contributed by atoms with E-state index in [-0.39, 0.29) is 5.91 Å². The number of carbonyl (C=O) groups excluding carboxylic acids is 1.